The maximum atomic E-state index is 14.2. The number of nitrogens with zero attached hydrogens (tertiary/aromatic N) is 1. The molecule has 0 N–H and O–H groups in total. The second-order valence-corrected chi connectivity index (χ2v) is 13.4. The summed E-state index contributed by atoms with van der Waals surface area (Å²) in [4.78, 5) is 42.6. The van der Waals surface area contributed by atoms with Gasteiger partial charge in [0.15, 0.2) is 0 Å². The number of carbonyl (C=O) groups excluding carboxylic acids is 3. The summed E-state index contributed by atoms with van der Waals surface area (Å²) >= 11 is 8.05. The van der Waals surface area contributed by atoms with E-state index in [4.69, 9.17) is 4.74 Å². The first-order chi connectivity index (χ1) is 19.3. The molecule has 206 valence electrons. The van der Waals surface area contributed by atoms with Crippen LogP contribution in [0.3, 0.4) is 0 Å². The molecule has 3 aliphatic carbocycles. The molecule has 7 rings (SSSR count). The van der Waals surface area contributed by atoms with Crippen molar-refractivity contribution in [2.45, 2.75) is 54.1 Å². The van der Waals surface area contributed by atoms with Crippen molar-refractivity contribution in [3.63, 3.8) is 0 Å². The Bertz CT molecular complexity index is 1380. The second-order valence-electron chi connectivity index (χ2n) is 10.9. The maximum Gasteiger partial charge on any atom is 0.338 e. The molecule has 2 bridgehead atoms. The molecular weight excluding hydrogens is 634 g/mol. The van der Waals surface area contributed by atoms with Crippen molar-refractivity contribution < 1.29 is 19.1 Å². The van der Waals surface area contributed by atoms with Gasteiger partial charge in [-0.05, 0) is 46.9 Å². The molecule has 3 aromatic rings. The average molecular weight is 665 g/mol. The van der Waals surface area contributed by atoms with E-state index in [1.165, 1.54) is 24.2 Å². The zero-order valence-electron chi connectivity index (χ0n) is 22.4. The normalized spacial score (nSPS) is 25.9. The predicted molar refractivity (Wildman–Crippen MR) is 162 cm³/mol. The number of ether oxygens (including phenoxy) is 1. The van der Waals surface area contributed by atoms with Crippen LogP contribution in [-0.2, 0) is 23.0 Å². The van der Waals surface area contributed by atoms with Crippen LogP contribution in [0.1, 0.15) is 78.1 Å². The Hall–Kier alpha value is -2.77. The first kappa shape index (κ1) is 27.4. The van der Waals surface area contributed by atoms with E-state index < -0.39 is 26.5 Å². The molecule has 4 aliphatic rings. The summed E-state index contributed by atoms with van der Waals surface area (Å²) in [5.41, 5.74) is 4.67. The SMILES string of the molecule is CCCCCCCCOC(=O)c1cccc(N2C(=O)[C@H]3[C@H](C2=O)C2(Br)c4ccccc4C3(Br)c3ccccc32)c1. The summed E-state index contributed by atoms with van der Waals surface area (Å²) in [5, 5.41) is 0. The molecule has 2 atom stereocenters. The molecule has 1 saturated heterocycles. The standard InChI is InChI=1S/C33H31Br2NO4/c1-2-3-4-5-6-11-19-40-31(39)21-13-12-14-22(20-21)36-29(37)27-28(30(36)38)33(35)24-16-8-7-15-23(24)32(27,34)25-17-9-10-18-26(25)33/h7-10,12-18,20,27-28H,2-6,11,19H2,1H3/t27-,28-,32?,33?/m1/s1. The number of unbranched alkanes of at least 4 members (excludes halogenated alkanes) is 5. The van der Waals surface area contributed by atoms with Crippen molar-refractivity contribution in [2.75, 3.05) is 11.5 Å². The maximum absolute atomic E-state index is 14.2. The molecule has 1 aliphatic heterocycles. The van der Waals surface area contributed by atoms with Gasteiger partial charge in [0, 0.05) is 0 Å². The van der Waals surface area contributed by atoms with E-state index in [0.29, 0.717) is 17.9 Å². The van der Waals surface area contributed by atoms with Crippen LogP contribution in [0.5, 0.6) is 0 Å². The minimum atomic E-state index is -0.852. The molecule has 1 fully saturated rings. The third-order valence-corrected chi connectivity index (χ3v) is 11.4. The summed E-state index contributed by atoms with van der Waals surface area (Å²) in [6.45, 7) is 2.54. The van der Waals surface area contributed by atoms with Crippen molar-refractivity contribution in [3.8, 4) is 0 Å². The highest BCUT2D eigenvalue weighted by molar-refractivity contribution is 9.10. The Balaban J connectivity index is 1.30. The fraction of sp³-hybridized carbons (Fsp3) is 0.364. The van der Waals surface area contributed by atoms with Crippen LogP contribution in [0.2, 0.25) is 0 Å². The number of benzene rings is 3. The van der Waals surface area contributed by atoms with Crippen LogP contribution in [0, 0.1) is 11.8 Å². The molecule has 40 heavy (non-hydrogen) atoms. The van der Waals surface area contributed by atoms with Gasteiger partial charge in [-0.2, -0.15) is 0 Å². The van der Waals surface area contributed by atoms with Crippen LogP contribution in [0.4, 0.5) is 5.69 Å². The molecule has 0 aromatic heterocycles. The van der Waals surface area contributed by atoms with E-state index in [0.717, 1.165) is 41.5 Å². The topological polar surface area (TPSA) is 63.7 Å². The minimum Gasteiger partial charge on any atom is -0.462 e. The molecule has 3 aromatic carbocycles. The zero-order chi connectivity index (χ0) is 28.1. The minimum absolute atomic E-state index is 0.280. The molecular formula is C33H31Br2NO4. The lowest BCUT2D eigenvalue weighted by atomic mass is 9.54. The molecule has 2 amide bonds. The molecule has 0 unspecified atom stereocenters. The lowest BCUT2D eigenvalue weighted by molar-refractivity contribution is -0.122. The highest BCUT2D eigenvalue weighted by Crippen LogP contribution is 2.70. The van der Waals surface area contributed by atoms with Gasteiger partial charge in [0.25, 0.3) is 0 Å². The second kappa shape index (κ2) is 10.6. The van der Waals surface area contributed by atoms with Gasteiger partial charge in [0.1, 0.15) is 0 Å². The number of hydrogen-bond acceptors (Lipinski definition) is 4. The van der Waals surface area contributed by atoms with E-state index in [1.54, 1.807) is 24.3 Å². The van der Waals surface area contributed by atoms with Gasteiger partial charge >= 0.3 is 5.97 Å². The molecule has 0 radical (unpaired) electrons. The molecule has 1 heterocycles. The number of halogens is 2. The van der Waals surface area contributed by atoms with Crippen molar-refractivity contribution in [1.29, 1.82) is 0 Å². The van der Waals surface area contributed by atoms with E-state index in [1.807, 2.05) is 48.5 Å². The summed E-state index contributed by atoms with van der Waals surface area (Å²) in [6, 6.07) is 22.7. The van der Waals surface area contributed by atoms with Gasteiger partial charge in [-0.25, -0.2) is 9.69 Å². The third-order valence-electron chi connectivity index (χ3n) is 8.66. The van der Waals surface area contributed by atoms with Crippen LogP contribution in [0.25, 0.3) is 0 Å². The summed E-state index contributed by atoms with van der Waals surface area (Å²) in [5.74, 6) is -2.32. The number of amides is 2. The van der Waals surface area contributed by atoms with Crippen molar-refractivity contribution in [2.24, 2.45) is 11.8 Å². The van der Waals surface area contributed by atoms with E-state index in [2.05, 4.69) is 38.8 Å². The average Bonchev–Trinajstić information content (AvgIpc) is 3.26. The van der Waals surface area contributed by atoms with Crippen molar-refractivity contribution in [3.05, 3.63) is 101 Å². The van der Waals surface area contributed by atoms with Crippen LogP contribution in [0.15, 0.2) is 72.8 Å². The van der Waals surface area contributed by atoms with Crippen LogP contribution in [-0.4, -0.2) is 24.4 Å². The Morgan fingerprint density at radius 1 is 0.750 bits per heavy atom. The fourth-order valence-electron chi connectivity index (χ4n) is 6.82. The highest BCUT2D eigenvalue weighted by Gasteiger charge is 2.72. The smallest absolute Gasteiger partial charge is 0.338 e. The van der Waals surface area contributed by atoms with Crippen LogP contribution < -0.4 is 4.90 Å². The Morgan fingerprint density at radius 3 is 1.77 bits per heavy atom. The number of imide groups is 1. The quantitative estimate of drug-likeness (QED) is 0.102. The summed E-state index contributed by atoms with van der Waals surface area (Å²) in [7, 11) is 0. The van der Waals surface area contributed by atoms with Gasteiger partial charge in [0.05, 0.1) is 38.3 Å². The molecule has 0 spiro atoms. The molecule has 7 heteroatoms. The molecule has 0 saturated carbocycles. The largest absolute Gasteiger partial charge is 0.462 e. The molecule has 5 nitrogen and oxygen atoms in total. The van der Waals surface area contributed by atoms with E-state index in [9.17, 15) is 14.4 Å². The summed E-state index contributed by atoms with van der Waals surface area (Å²) in [6.07, 6.45) is 6.62. The Labute approximate surface area is 251 Å². The highest BCUT2D eigenvalue weighted by atomic mass is 79.9. The van der Waals surface area contributed by atoms with Crippen molar-refractivity contribution in [1.82, 2.24) is 0 Å². The van der Waals surface area contributed by atoms with E-state index >= 15 is 0 Å². The van der Waals surface area contributed by atoms with Crippen molar-refractivity contribution >= 4 is 55.3 Å². The van der Waals surface area contributed by atoms with Gasteiger partial charge < -0.3 is 4.74 Å². The monoisotopic (exact) mass is 663 g/mol. The Morgan fingerprint density at radius 2 is 1.25 bits per heavy atom. The summed E-state index contributed by atoms with van der Waals surface area (Å²) < 4.78 is 3.82. The lowest BCUT2D eigenvalue weighted by Crippen LogP contribution is -2.56. The number of alkyl halides is 2. The van der Waals surface area contributed by atoms with Gasteiger partial charge in [-0.3, -0.25) is 9.59 Å². The third kappa shape index (κ3) is 3.95. The fourth-order valence-corrected chi connectivity index (χ4v) is 9.13. The number of rotatable bonds is 9. The predicted octanol–water partition coefficient (Wildman–Crippen LogP) is 7.61. The lowest BCUT2D eigenvalue weighted by Gasteiger charge is -2.55. The zero-order valence-corrected chi connectivity index (χ0v) is 25.5. The van der Waals surface area contributed by atoms with Gasteiger partial charge in [-0.1, -0.05) is 125 Å². The van der Waals surface area contributed by atoms with E-state index in [-0.39, 0.29) is 11.8 Å². The number of hydrogen-bond donors (Lipinski definition) is 0. The number of anilines is 1. The first-order valence-corrected chi connectivity index (χ1v) is 15.7. The van der Waals surface area contributed by atoms with Gasteiger partial charge in [-0.15, -0.1) is 0 Å². The Kier molecular flexibility index (Phi) is 7.24. The first-order valence-electron chi connectivity index (χ1n) is 14.1. The van der Waals surface area contributed by atoms with Gasteiger partial charge in [0.2, 0.25) is 11.8 Å². The number of carbonyl (C=O) groups is 3. The number of esters is 1. The van der Waals surface area contributed by atoms with Crippen LogP contribution >= 0.6 is 31.9 Å².